The quantitative estimate of drug-likeness (QED) is 0.388. The molecule has 3 nitrogen and oxygen atoms in total. The minimum absolute atomic E-state index is 0.0845. The molecule has 0 radical (unpaired) electrons. The van der Waals surface area contributed by atoms with Crippen molar-refractivity contribution in [3.8, 4) is 0 Å². The van der Waals surface area contributed by atoms with Crippen LogP contribution >= 0.6 is 11.8 Å². The number of rotatable bonds is 5. The van der Waals surface area contributed by atoms with E-state index in [0.29, 0.717) is 17.6 Å². The Hall–Kier alpha value is -0.220. The van der Waals surface area contributed by atoms with Gasteiger partial charge in [-0.3, -0.25) is 10.2 Å². The Bertz CT molecular complexity index is 139. The highest BCUT2D eigenvalue weighted by atomic mass is 32.2. The first-order valence-corrected chi connectivity index (χ1v) is 5.22. The van der Waals surface area contributed by atoms with Crippen LogP contribution in [-0.2, 0) is 4.79 Å². The molecule has 1 amide bonds. The normalized spacial score (nSPS) is 13.1. The van der Waals surface area contributed by atoms with Crippen LogP contribution in [0.2, 0.25) is 0 Å². The highest BCUT2D eigenvalue weighted by Gasteiger charge is 2.08. The van der Waals surface area contributed by atoms with Crippen molar-refractivity contribution in [2.45, 2.75) is 32.4 Å². The third kappa shape index (κ3) is 6.49. The molecule has 0 spiro atoms. The predicted octanol–water partition coefficient (Wildman–Crippen LogP) is 1.14. The second-order valence-electron chi connectivity index (χ2n) is 3.31. The van der Waals surface area contributed by atoms with Gasteiger partial charge in [-0.15, -0.1) is 0 Å². The Balaban J connectivity index is 3.45. The number of hydrazine groups is 1. The van der Waals surface area contributed by atoms with Gasteiger partial charge in [0.15, 0.2) is 0 Å². The summed E-state index contributed by atoms with van der Waals surface area (Å²) in [6.07, 6.45) is 0.508. The maximum absolute atomic E-state index is 10.8. The first kappa shape index (κ1) is 11.8. The van der Waals surface area contributed by atoms with Crippen LogP contribution in [0.1, 0.15) is 27.2 Å². The lowest BCUT2D eigenvalue weighted by Crippen LogP contribution is -2.31. The number of hydrogen-bond donors (Lipinski definition) is 2. The van der Waals surface area contributed by atoms with Crippen LogP contribution in [0.3, 0.4) is 0 Å². The van der Waals surface area contributed by atoms with E-state index >= 15 is 0 Å². The number of nitrogens with two attached hydrogens (primary N) is 1. The second kappa shape index (κ2) is 6.31. The molecule has 72 valence electrons. The maximum atomic E-state index is 10.8. The Morgan fingerprint density at radius 3 is 2.50 bits per heavy atom. The van der Waals surface area contributed by atoms with E-state index in [9.17, 15) is 4.79 Å². The summed E-state index contributed by atoms with van der Waals surface area (Å²) < 4.78 is 0. The zero-order valence-electron chi connectivity index (χ0n) is 7.96. The fourth-order valence-electron chi connectivity index (χ4n) is 0.736. The van der Waals surface area contributed by atoms with E-state index in [1.54, 1.807) is 0 Å². The third-order valence-corrected chi connectivity index (χ3v) is 2.94. The summed E-state index contributed by atoms with van der Waals surface area (Å²) in [5.41, 5.74) is 2.13. The maximum Gasteiger partial charge on any atom is 0.234 e. The van der Waals surface area contributed by atoms with Gasteiger partial charge in [-0.25, -0.2) is 5.84 Å². The van der Waals surface area contributed by atoms with Gasteiger partial charge in [0.05, 0.1) is 0 Å². The van der Waals surface area contributed by atoms with Crippen molar-refractivity contribution in [3.05, 3.63) is 0 Å². The van der Waals surface area contributed by atoms with Crippen LogP contribution in [0.5, 0.6) is 0 Å². The smallest absolute Gasteiger partial charge is 0.234 e. The molecule has 0 aromatic carbocycles. The Labute approximate surface area is 78.4 Å². The van der Waals surface area contributed by atoms with E-state index < -0.39 is 0 Å². The van der Waals surface area contributed by atoms with Crippen molar-refractivity contribution < 1.29 is 4.79 Å². The molecule has 12 heavy (non-hydrogen) atoms. The molecule has 1 unspecified atom stereocenters. The fraction of sp³-hybridized carbons (Fsp3) is 0.875. The molecule has 0 saturated heterocycles. The number of carbonyl (C=O) groups excluding carboxylic acids is 1. The van der Waals surface area contributed by atoms with Gasteiger partial charge in [-0.2, -0.15) is 11.8 Å². The van der Waals surface area contributed by atoms with E-state index in [1.807, 2.05) is 18.7 Å². The summed E-state index contributed by atoms with van der Waals surface area (Å²) in [5.74, 6) is 6.66. The molecule has 1 atom stereocenters. The molecular weight excluding hydrogens is 172 g/mol. The molecule has 0 aliphatic carbocycles. The molecule has 0 heterocycles. The number of thioether (sulfide) groups is 1. The Morgan fingerprint density at radius 2 is 2.08 bits per heavy atom. The Kier molecular flexibility index (Phi) is 6.20. The second-order valence-corrected chi connectivity index (χ2v) is 4.78. The largest absolute Gasteiger partial charge is 0.294 e. The predicted molar refractivity (Wildman–Crippen MR) is 53.7 cm³/mol. The number of carbonyl (C=O) groups is 1. The van der Waals surface area contributed by atoms with Crippen LogP contribution in [0.25, 0.3) is 0 Å². The molecule has 0 fully saturated rings. The molecule has 0 aromatic rings. The van der Waals surface area contributed by atoms with Crippen LogP contribution < -0.4 is 11.3 Å². The van der Waals surface area contributed by atoms with Crippen LogP contribution in [-0.4, -0.2) is 16.9 Å². The molecule has 4 heteroatoms. The average molecular weight is 190 g/mol. The molecule has 3 N–H and O–H groups in total. The van der Waals surface area contributed by atoms with E-state index in [2.05, 4.69) is 19.3 Å². The van der Waals surface area contributed by atoms with E-state index in [0.717, 1.165) is 5.75 Å². The highest BCUT2D eigenvalue weighted by molar-refractivity contribution is 7.99. The lowest BCUT2D eigenvalue weighted by molar-refractivity contribution is -0.121. The standard InChI is InChI=1S/C8H18N2OS/c1-6(2)5-12-7(3)4-8(11)10-9/h6-7H,4-5,9H2,1-3H3,(H,10,11). The van der Waals surface area contributed by atoms with Crippen molar-refractivity contribution in [2.75, 3.05) is 5.75 Å². The lowest BCUT2D eigenvalue weighted by Gasteiger charge is -2.11. The summed E-state index contributed by atoms with van der Waals surface area (Å²) in [7, 11) is 0. The number of amides is 1. The molecule has 0 aliphatic heterocycles. The SMILES string of the molecule is CC(C)CSC(C)CC(=O)NN. The summed E-state index contributed by atoms with van der Waals surface area (Å²) in [6.45, 7) is 6.38. The van der Waals surface area contributed by atoms with Gasteiger partial charge < -0.3 is 0 Å². The summed E-state index contributed by atoms with van der Waals surface area (Å²) in [6, 6.07) is 0. The van der Waals surface area contributed by atoms with Crippen molar-refractivity contribution in [1.82, 2.24) is 5.43 Å². The zero-order valence-corrected chi connectivity index (χ0v) is 8.78. The van der Waals surface area contributed by atoms with Crippen molar-refractivity contribution >= 4 is 17.7 Å². The molecular formula is C8H18N2OS. The first-order valence-electron chi connectivity index (χ1n) is 4.17. The van der Waals surface area contributed by atoms with Gasteiger partial charge >= 0.3 is 0 Å². The zero-order chi connectivity index (χ0) is 9.56. The third-order valence-electron chi connectivity index (χ3n) is 1.35. The van der Waals surface area contributed by atoms with Crippen LogP contribution in [0.4, 0.5) is 0 Å². The first-order chi connectivity index (χ1) is 5.56. The molecule has 0 aliphatic rings. The van der Waals surface area contributed by atoms with Gasteiger partial charge in [0.1, 0.15) is 0 Å². The lowest BCUT2D eigenvalue weighted by atomic mass is 10.3. The van der Waals surface area contributed by atoms with E-state index in [-0.39, 0.29) is 5.91 Å². The molecule has 0 bridgehead atoms. The van der Waals surface area contributed by atoms with E-state index in [4.69, 9.17) is 5.84 Å². The van der Waals surface area contributed by atoms with E-state index in [1.165, 1.54) is 0 Å². The van der Waals surface area contributed by atoms with Crippen molar-refractivity contribution in [3.63, 3.8) is 0 Å². The van der Waals surface area contributed by atoms with Crippen LogP contribution in [0.15, 0.2) is 0 Å². The van der Waals surface area contributed by atoms with Crippen molar-refractivity contribution in [2.24, 2.45) is 11.8 Å². The highest BCUT2D eigenvalue weighted by Crippen LogP contribution is 2.16. The topological polar surface area (TPSA) is 55.1 Å². The summed E-state index contributed by atoms with van der Waals surface area (Å²) in [4.78, 5) is 10.8. The fourth-order valence-corrected chi connectivity index (χ4v) is 1.72. The minimum Gasteiger partial charge on any atom is -0.294 e. The average Bonchev–Trinajstić information content (AvgIpc) is 2.00. The molecule has 0 aromatic heterocycles. The van der Waals surface area contributed by atoms with Gasteiger partial charge in [-0.05, 0) is 11.7 Å². The summed E-state index contributed by atoms with van der Waals surface area (Å²) in [5, 5.41) is 0.357. The minimum atomic E-state index is -0.0845. The summed E-state index contributed by atoms with van der Waals surface area (Å²) >= 11 is 1.81. The monoisotopic (exact) mass is 190 g/mol. The molecule has 0 saturated carbocycles. The van der Waals surface area contributed by atoms with Crippen molar-refractivity contribution in [1.29, 1.82) is 0 Å². The molecule has 0 rings (SSSR count). The van der Waals surface area contributed by atoms with Gasteiger partial charge in [0.25, 0.3) is 0 Å². The van der Waals surface area contributed by atoms with Gasteiger partial charge in [0.2, 0.25) is 5.91 Å². The Morgan fingerprint density at radius 1 is 1.50 bits per heavy atom. The number of hydrogen-bond acceptors (Lipinski definition) is 3. The van der Waals surface area contributed by atoms with Crippen LogP contribution in [0, 0.1) is 5.92 Å². The van der Waals surface area contributed by atoms with Gasteiger partial charge in [0, 0.05) is 11.7 Å². The number of nitrogens with one attached hydrogen (secondary N) is 1. The van der Waals surface area contributed by atoms with Gasteiger partial charge in [-0.1, -0.05) is 20.8 Å².